The molecule has 0 bridgehead atoms. The van der Waals surface area contributed by atoms with Crippen molar-refractivity contribution in [3.63, 3.8) is 0 Å². The van der Waals surface area contributed by atoms with Gasteiger partial charge >= 0.3 is 12.2 Å². The lowest BCUT2D eigenvalue weighted by atomic mass is 10.3. The minimum absolute atomic E-state index is 0.403. The second kappa shape index (κ2) is 7.20. The summed E-state index contributed by atoms with van der Waals surface area (Å²) in [6, 6.07) is 13.3. The molecule has 1 amide bonds. The van der Waals surface area contributed by atoms with Gasteiger partial charge in [-0.3, -0.25) is 4.79 Å². The molecule has 2 aromatic rings. The first-order chi connectivity index (χ1) is 10.1. The molecule has 0 aliphatic heterocycles. The van der Waals surface area contributed by atoms with Gasteiger partial charge in [-0.15, -0.1) is 0 Å². The summed E-state index contributed by atoms with van der Waals surface area (Å²) >= 11 is 11.6. The van der Waals surface area contributed by atoms with Crippen LogP contribution in [0, 0.1) is 0 Å². The Hall–Kier alpha value is -1.91. The summed E-state index contributed by atoms with van der Waals surface area (Å²) in [5.41, 5.74) is 0. The molecular formula is C15H13Cl2NO3. The number of hydrogen-bond donors (Lipinski definition) is 1. The van der Waals surface area contributed by atoms with Gasteiger partial charge in [0.15, 0.2) is 0 Å². The minimum atomic E-state index is -1.11. The zero-order valence-electron chi connectivity index (χ0n) is 11.2. The van der Waals surface area contributed by atoms with Crippen molar-refractivity contribution in [3.8, 4) is 11.5 Å². The number of carbonyl (C=O) groups excluding carboxylic acids is 1. The van der Waals surface area contributed by atoms with Crippen molar-refractivity contribution in [2.24, 2.45) is 0 Å². The van der Waals surface area contributed by atoms with Gasteiger partial charge in [-0.2, -0.15) is 0 Å². The Balaban J connectivity index is 2.12. The first kappa shape index (κ1) is 15.5. The molecule has 4 nitrogen and oxygen atoms in total. The molecular weight excluding hydrogens is 313 g/mol. The fourth-order valence-electron chi connectivity index (χ4n) is 1.52. The van der Waals surface area contributed by atoms with Crippen LogP contribution >= 0.6 is 23.2 Å². The maximum absolute atomic E-state index is 11.8. The summed E-state index contributed by atoms with van der Waals surface area (Å²) in [7, 11) is 1.51. The Labute approximate surface area is 132 Å². The molecule has 0 unspecified atom stereocenters. The van der Waals surface area contributed by atoms with E-state index >= 15 is 0 Å². The van der Waals surface area contributed by atoms with Crippen LogP contribution in [0.5, 0.6) is 11.5 Å². The van der Waals surface area contributed by atoms with Gasteiger partial charge in [-0.25, -0.2) is 0 Å². The molecule has 0 saturated carbocycles. The summed E-state index contributed by atoms with van der Waals surface area (Å²) in [6.07, 6.45) is -1.11. The van der Waals surface area contributed by atoms with Gasteiger partial charge in [-0.1, -0.05) is 23.2 Å². The van der Waals surface area contributed by atoms with E-state index in [2.05, 4.69) is 5.32 Å². The van der Waals surface area contributed by atoms with Crippen molar-refractivity contribution in [1.29, 1.82) is 0 Å². The number of halogens is 2. The molecule has 0 atom stereocenters. The third-order valence-corrected chi connectivity index (χ3v) is 3.08. The fourth-order valence-corrected chi connectivity index (χ4v) is 1.77. The van der Waals surface area contributed by atoms with E-state index in [1.165, 1.54) is 7.05 Å². The third kappa shape index (κ3) is 4.55. The number of benzene rings is 2. The number of rotatable bonds is 5. The molecule has 6 heteroatoms. The molecule has 0 radical (unpaired) electrons. The average molecular weight is 326 g/mol. The van der Waals surface area contributed by atoms with E-state index in [9.17, 15) is 4.79 Å². The molecule has 0 aliphatic rings. The van der Waals surface area contributed by atoms with Crippen molar-refractivity contribution >= 4 is 29.1 Å². The minimum Gasteiger partial charge on any atom is -0.446 e. The van der Waals surface area contributed by atoms with Crippen LogP contribution in [0.2, 0.25) is 10.0 Å². The smallest absolute Gasteiger partial charge is 0.321 e. The molecule has 2 rings (SSSR count). The predicted octanol–water partition coefficient (Wildman–Crippen LogP) is 3.52. The predicted molar refractivity (Wildman–Crippen MR) is 82.0 cm³/mol. The first-order valence-corrected chi connectivity index (χ1v) is 6.90. The van der Waals surface area contributed by atoms with E-state index in [-0.39, 0.29) is 0 Å². The van der Waals surface area contributed by atoms with E-state index in [1.54, 1.807) is 48.5 Å². The van der Waals surface area contributed by atoms with Crippen LogP contribution in [0.3, 0.4) is 0 Å². The number of hydrogen-bond acceptors (Lipinski definition) is 3. The van der Waals surface area contributed by atoms with Gasteiger partial charge in [-0.05, 0) is 48.5 Å². The number of amides is 1. The second-order valence-electron chi connectivity index (χ2n) is 4.09. The summed E-state index contributed by atoms with van der Waals surface area (Å²) in [5.74, 6) is 0.545. The van der Waals surface area contributed by atoms with E-state index in [0.29, 0.717) is 21.5 Å². The van der Waals surface area contributed by atoms with Gasteiger partial charge in [0.05, 0.1) is 0 Å². The highest BCUT2D eigenvalue weighted by atomic mass is 35.5. The molecule has 0 aromatic heterocycles. The molecule has 0 spiro atoms. The quantitative estimate of drug-likeness (QED) is 0.855. The van der Waals surface area contributed by atoms with Crippen LogP contribution in [0.1, 0.15) is 0 Å². The second-order valence-corrected chi connectivity index (χ2v) is 4.96. The molecule has 0 heterocycles. The standard InChI is InChI=1S/C15H13Cl2NO3/c1-18-14(19)15(20-12-6-2-10(16)3-7-12)21-13-8-4-11(17)5-9-13/h2-9,15H,1H3,(H,18,19). The van der Waals surface area contributed by atoms with Crippen LogP contribution in [-0.2, 0) is 4.79 Å². The molecule has 21 heavy (non-hydrogen) atoms. The van der Waals surface area contributed by atoms with Crippen molar-refractivity contribution in [2.45, 2.75) is 6.29 Å². The zero-order valence-corrected chi connectivity index (χ0v) is 12.7. The lowest BCUT2D eigenvalue weighted by molar-refractivity contribution is -0.139. The van der Waals surface area contributed by atoms with Gasteiger partial charge in [0.1, 0.15) is 11.5 Å². The molecule has 0 fully saturated rings. The lowest BCUT2D eigenvalue weighted by Crippen LogP contribution is -2.40. The summed E-state index contributed by atoms with van der Waals surface area (Å²) in [4.78, 5) is 11.8. The van der Waals surface area contributed by atoms with Crippen molar-refractivity contribution in [1.82, 2.24) is 5.32 Å². The van der Waals surface area contributed by atoms with Crippen molar-refractivity contribution in [3.05, 3.63) is 58.6 Å². The summed E-state index contributed by atoms with van der Waals surface area (Å²) in [6.45, 7) is 0. The van der Waals surface area contributed by atoms with Crippen LogP contribution in [0.4, 0.5) is 0 Å². The molecule has 1 N–H and O–H groups in total. The van der Waals surface area contributed by atoms with E-state index in [1.807, 2.05) is 0 Å². The normalized spacial score (nSPS) is 10.3. The molecule has 110 valence electrons. The highest BCUT2D eigenvalue weighted by Gasteiger charge is 2.21. The van der Waals surface area contributed by atoms with Gasteiger partial charge in [0.2, 0.25) is 0 Å². The summed E-state index contributed by atoms with van der Waals surface area (Å²) < 4.78 is 11.1. The maximum atomic E-state index is 11.8. The van der Waals surface area contributed by atoms with Crippen LogP contribution in [0.25, 0.3) is 0 Å². The van der Waals surface area contributed by atoms with E-state index in [4.69, 9.17) is 32.7 Å². The van der Waals surface area contributed by atoms with Gasteiger partial charge < -0.3 is 14.8 Å². The fraction of sp³-hybridized carbons (Fsp3) is 0.133. The third-order valence-electron chi connectivity index (χ3n) is 2.57. The zero-order chi connectivity index (χ0) is 15.2. The Morgan fingerprint density at radius 3 is 1.62 bits per heavy atom. The maximum Gasteiger partial charge on any atom is 0.321 e. The Bertz CT molecular complexity index is 552. The number of ether oxygens (including phenoxy) is 2. The average Bonchev–Trinajstić information content (AvgIpc) is 2.50. The molecule has 0 aliphatic carbocycles. The largest absolute Gasteiger partial charge is 0.446 e. The Kier molecular flexibility index (Phi) is 5.31. The van der Waals surface area contributed by atoms with Gasteiger partial charge in [0, 0.05) is 17.1 Å². The Morgan fingerprint density at radius 2 is 1.29 bits per heavy atom. The highest BCUT2D eigenvalue weighted by Crippen LogP contribution is 2.20. The topological polar surface area (TPSA) is 47.6 Å². The van der Waals surface area contributed by atoms with Crippen LogP contribution < -0.4 is 14.8 Å². The van der Waals surface area contributed by atoms with E-state index < -0.39 is 12.2 Å². The van der Waals surface area contributed by atoms with Crippen molar-refractivity contribution < 1.29 is 14.3 Å². The number of likely N-dealkylation sites (N-methyl/N-ethyl adjacent to an activating group) is 1. The van der Waals surface area contributed by atoms with E-state index in [0.717, 1.165) is 0 Å². The summed E-state index contributed by atoms with van der Waals surface area (Å²) in [5, 5.41) is 3.65. The SMILES string of the molecule is CNC(=O)C(Oc1ccc(Cl)cc1)Oc1ccc(Cl)cc1. The van der Waals surface area contributed by atoms with Gasteiger partial charge in [0.25, 0.3) is 0 Å². The molecule has 0 saturated heterocycles. The highest BCUT2D eigenvalue weighted by molar-refractivity contribution is 6.30. The monoisotopic (exact) mass is 325 g/mol. The van der Waals surface area contributed by atoms with Crippen LogP contribution in [0.15, 0.2) is 48.5 Å². The number of nitrogens with one attached hydrogen (secondary N) is 1. The lowest BCUT2D eigenvalue weighted by Gasteiger charge is -2.19. The molecule has 2 aromatic carbocycles. The number of carbonyl (C=O) groups is 1. The Morgan fingerprint density at radius 1 is 0.905 bits per heavy atom. The van der Waals surface area contributed by atoms with Crippen LogP contribution in [-0.4, -0.2) is 19.2 Å². The first-order valence-electron chi connectivity index (χ1n) is 6.14. The van der Waals surface area contributed by atoms with Crippen molar-refractivity contribution in [2.75, 3.05) is 7.05 Å².